The highest BCUT2D eigenvalue weighted by molar-refractivity contribution is 6.03. The minimum atomic E-state index is -0.170. The number of carbonyl (C=O) groups excluding carboxylic acids is 1. The SMILES string of the molecule is O=C(Nc1ccnn1C1CCN(Cc2ccnc3ccccc23)CC1)c1cccnc1. The standard InChI is InChI=1S/C24H24N6O/c31-24(18-4-3-11-25-16-18)28-23-8-13-27-30(23)20-9-14-29(15-10-20)17-19-7-12-26-22-6-2-1-5-21(19)22/h1-8,11-13,16,20H,9-10,14-15,17H2,(H,28,31). The number of rotatable bonds is 5. The van der Waals surface area contributed by atoms with Crippen molar-refractivity contribution in [2.45, 2.75) is 25.4 Å². The lowest BCUT2D eigenvalue weighted by atomic mass is 10.0. The van der Waals surface area contributed by atoms with Crippen LogP contribution in [0.2, 0.25) is 0 Å². The molecule has 31 heavy (non-hydrogen) atoms. The third kappa shape index (κ3) is 4.18. The van der Waals surface area contributed by atoms with E-state index in [1.165, 1.54) is 10.9 Å². The van der Waals surface area contributed by atoms with Crippen molar-refractivity contribution in [1.29, 1.82) is 0 Å². The minimum Gasteiger partial charge on any atom is -0.307 e. The summed E-state index contributed by atoms with van der Waals surface area (Å²) in [7, 11) is 0. The Kier molecular flexibility index (Phi) is 5.41. The highest BCUT2D eigenvalue weighted by Crippen LogP contribution is 2.27. The smallest absolute Gasteiger partial charge is 0.258 e. The lowest BCUT2D eigenvalue weighted by Gasteiger charge is -2.33. The Hall–Kier alpha value is -3.58. The van der Waals surface area contributed by atoms with Crippen LogP contribution in [0.3, 0.4) is 0 Å². The topological polar surface area (TPSA) is 75.9 Å². The van der Waals surface area contributed by atoms with E-state index < -0.39 is 0 Å². The Morgan fingerprint density at radius 3 is 2.71 bits per heavy atom. The van der Waals surface area contributed by atoms with Gasteiger partial charge in [-0.25, -0.2) is 4.68 Å². The van der Waals surface area contributed by atoms with Gasteiger partial charge in [0.2, 0.25) is 0 Å². The largest absolute Gasteiger partial charge is 0.307 e. The van der Waals surface area contributed by atoms with Crippen LogP contribution in [-0.4, -0.2) is 43.6 Å². The maximum Gasteiger partial charge on any atom is 0.258 e. The van der Waals surface area contributed by atoms with E-state index in [1.807, 2.05) is 23.0 Å². The van der Waals surface area contributed by atoms with Gasteiger partial charge in [-0.2, -0.15) is 5.10 Å². The number of aromatic nitrogens is 4. The number of nitrogens with zero attached hydrogens (tertiary/aromatic N) is 5. The van der Waals surface area contributed by atoms with Gasteiger partial charge in [0.15, 0.2) is 0 Å². The number of benzene rings is 1. The van der Waals surface area contributed by atoms with Crippen molar-refractivity contribution < 1.29 is 4.79 Å². The van der Waals surface area contributed by atoms with Crippen molar-refractivity contribution in [2.24, 2.45) is 0 Å². The van der Waals surface area contributed by atoms with E-state index in [9.17, 15) is 4.79 Å². The second-order valence-corrected chi connectivity index (χ2v) is 7.85. The molecule has 0 radical (unpaired) electrons. The van der Waals surface area contributed by atoms with Crippen molar-refractivity contribution in [3.63, 3.8) is 0 Å². The monoisotopic (exact) mass is 412 g/mol. The van der Waals surface area contributed by atoms with Gasteiger partial charge in [-0.1, -0.05) is 18.2 Å². The fourth-order valence-electron chi connectivity index (χ4n) is 4.25. The Bertz CT molecular complexity index is 1180. The van der Waals surface area contributed by atoms with Crippen molar-refractivity contribution in [3.05, 3.63) is 84.4 Å². The lowest BCUT2D eigenvalue weighted by Crippen LogP contribution is -2.35. The lowest BCUT2D eigenvalue weighted by molar-refractivity contribution is 0.102. The zero-order valence-electron chi connectivity index (χ0n) is 17.2. The molecular weight excluding hydrogens is 388 g/mol. The second-order valence-electron chi connectivity index (χ2n) is 7.85. The summed E-state index contributed by atoms with van der Waals surface area (Å²) in [6.07, 6.45) is 8.83. The molecule has 3 aromatic heterocycles. The highest BCUT2D eigenvalue weighted by Gasteiger charge is 2.23. The van der Waals surface area contributed by atoms with E-state index in [1.54, 1.807) is 30.7 Å². The summed E-state index contributed by atoms with van der Waals surface area (Å²) >= 11 is 0. The molecule has 0 atom stereocenters. The zero-order valence-corrected chi connectivity index (χ0v) is 17.2. The maximum atomic E-state index is 12.5. The van der Waals surface area contributed by atoms with Crippen molar-refractivity contribution in [1.82, 2.24) is 24.6 Å². The first kappa shape index (κ1) is 19.4. The first-order valence-corrected chi connectivity index (χ1v) is 10.6. The molecular formula is C24H24N6O. The van der Waals surface area contributed by atoms with Gasteiger partial charge in [-0.15, -0.1) is 0 Å². The van der Waals surface area contributed by atoms with Crippen LogP contribution in [0, 0.1) is 0 Å². The van der Waals surface area contributed by atoms with E-state index in [0.29, 0.717) is 5.56 Å². The van der Waals surface area contributed by atoms with Crippen LogP contribution < -0.4 is 5.32 Å². The molecule has 0 aliphatic carbocycles. The quantitative estimate of drug-likeness (QED) is 0.538. The van der Waals surface area contributed by atoms with Gasteiger partial charge in [0.05, 0.1) is 23.3 Å². The molecule has 1 amide bonds. The van der Waals surface area contributed by atoms with Crippen molar-refractivity contribution in [2.75, 3.05) is 18.4 Å². The van der Waals surface area contributed by atoms with E-state index in [4.69, 9.17) is 0 Å². The minimum absolute atomic E-state index is 0.170. The first-order chi connectivity index (χ1) is 15.3. The summed E-state index contributed by atoms with van der Waals surface area (Å²) in [5.41, 5.74) is 2.89. The van der Waals surface area contributed by atoms with Gasteiger partial charge in [0.1, 0.15) is 5.82 Å². The Labute approximate surface area is 180 Å². The number of hydrogen-bond acceptors (Lipinski definition) is 5. The van der Waals surface area contributed by atoms with E-state index >= 15 is 0 Å². The predicted octanol–water partition coefficient (Wildman–Crippen LogP) is 3.92. The fraction of sp³-hybridized carbons (Fsp3) is 0.250. The average Bonchev–Trinajstić information content (AvgIpc) is 3.28. The summed E-state index contributed by atoms with van der Waals surface area (Å²) in [6, 6.07) is 16.0. The number of hydrogen-bond donors (Lipinski definition) is 1. The Morgan fingerprint density at radius 2 is 1.87 bits per heavy atom. The molecule has 1 saturated heterocycles. The average molecular weight is 412 g/mol. The van der Waals surface area contributed by atoms with Gasteiger partial charge in [-0.3, -0.25) is 19.7 Å². The molecule has 156 valence electrons. The molecule has 0 unspecified atom stereocenters. The molecule has 7 heteroatoms. The Balaban J connectivity index is 1.23. The molecule has 4 heterocycles. The van der Waals surface area contributed by atoms with Gasteiger partial charge in [0.25, 0.3) is 5.91 Å². The molecule has 1 N–H and O–H groups in total. The number of para-hydroxylation sites is 1. The molecule has 0 saturated carbocycles. The number of piperidine rings is 1. The van der Waals surface area contributed by atoms with Crippen molar-refractivity contribution >= 4 is 22.6 Å². The molecule has 1 aliphatic heterocycles. The van der Waals surface area contributed by atoms with Gasteiger partial charge in [0, 0.05) is 49.7 Å². The van der Waals surface area contributed by atoms with Crippen LogP contribution >= 0.6 is 0 Å². The number of anilines is 1. The summed E-state index contributed by atoms with van der Waals surface area (Å²) in [4.78, 5) is 23.5. The molecule has 0 bridgehead atoms. The molecule has 1 aliphatic rings. The number of carbonyl (C=O) groups is 1. The van der Waals surface area contributed by atoms with Crippen molar-refractivity contribution in [3.8, 4) is 0 Å². The third-order valence-corrected chi connectivity index (χ3v) is 5.87. The van der Waals surface area contributed by atoms with Crippen LogP contribution in [0.25, 0.3) is 10.9 Å². The maximum absolute atomic E-state index is 12.5. The van der Waals surface area contributed by atoms with Crippen LogP contribution in [0.1, 0.15) is 34.8 Å². The second kappa shape index (κ2) is 8.65. The summed E-state index contributed by atoms with van der Waals surface area (Å²) in [5, 5.41) is 8.69. The van der Waals surface area contributed by atoms with Crippen LogP contribution in [0.5, 0.6) is 0 Å². The number of nitrogens with one attached hydrogen (secondary N) is 1. The van der Waals surface area contributed by atoms with E-state index in [2.05, 4.69) is 49.5 Å². The number of likely N-dealkylation sites (tertiary alicyclic amines) is 1. The zero-order chi connectivity index (χ0) is 21.0. The van der Waals surface area contributed by atoms with Crippen LogP contribution in [0.4, 0.5) is 5.82 Å². The summed E-state index contributed by atoms with van der Waals surface area (Å²) in [6.45, 7) is 2.88. The number of pyridine rings is 2. The number of fused-ring (bicyclic) bond motifs is 1. The third-order valence-electron chi connectivity index (χ3n) is 5.87. The molecule has 0 spiro atoms. The summed E-state index contributed by atoms with van der Waals surface area (Å²) < 4.78 is 1.95. The fourth-order valence-corrected chi connectivity index (χ4v) is 4.25. The van der Waals surface area contributed by atoms with E-state index in [-0.39, 0.29) is 11.9 Å². The Morgan fingerprint density at radius 1 is 1.00 bits per heavy atom. The molecule has 4 aromatic rings. The molecule has 1 aromatic carbocycles. The first-order valence-electron chi connectivity index (χ1n) is 10.6. The molecule has 5 rings (SSSR count). The van der Waals surface area contributed by atoms with Gasteiger partial charge >= 0.3 is 0 Å². The molecule has 7 nitrogen and oxygen atoms in total. The number of amides is 1. The van der Waals surface area contributed by atoms with E-state index in [0.717, 1.165) is 43.8 Å². The van der Waals surface area contributed by atoms with Crippen LogP contribution in [0.15, 0.2) is 73.3 Å². The van der Waals surface area contributed by atoms with Gasteiger partial charge in [-0.05, 0) is 42.7 Å². The highest BCUT2D eigenvalue weighted by atomic mass is 16.1. The summed E-state index contributed by atoms with van der Waals surface area (Å²) in [5.74, 6) is 0.560. The molecule has 1 fully saturated rings. The predicted molar refractivity (Wildman–Crippen MR) is 120 cm³/mol. The van der Waals surface area contributed by atoms with Gasteiger partial charge < -0.3 is 5.32 Å². The normalized spacial score (nSPS) is 15.2. The van der Waals surface area contributed by atoms with Crippen LogP contribution in [-0.2, 0) is 6.54 Å².